The van der Waals surface area contributed by atoms with Gasteiger partial charge in [-0.3, -0.25) is 4.79 Å². The van der Waals surface area contributed by atoms with Crippen molar-refractivity contribution in [1.29, 1.82) is 0 Å². The van der Waals surface area contributed by atoms with E-state index in [0.717, 1.165) is 42.3 Å². The SMILES string of the molecule is CC(C)(O)[C@H]1O[C@H]2CC[C@@]3(C)[C@@](O)(CC[C@H]4Cc5c([nH]c6ccc7c(c56)C[C@H]5[C@H](C7=O)C(C)(C)OC5(C)C)[C@@]43C)[C@]23O[C@@H]3[C@@H]1O. The highest BCUT2D eigenvalue weighted by Gasteiger charge is 2.86. The number of carbonyl (C=O) groups excluding carboxylic acids is 1. The fraction of sp³-hybridized carbons (Fsp3) is 0.757. The van der Waals surface area contributed by atoms with Gasteiger partial charge in [0.2, 0.25) is 0 Å². The molecule has 1 aromatic heterocycles. The summed E-state index contributed by atoms with van der Waals surface area (Å²) in [5.41, 5.74) is 0.255. The van der Waals surface area contributed by atoms with Crippen LogP contribution < -0.4 is 0 Å². The number of Topliss-reactive ketones (excluding diaryl/α,β-unsaturated/α-hetero) is 1. The van der Waals surface area contributed by atoms with Crippen LogP contribution in [0.2, 0.25) is 0 Å². The smallest absolute Gasteiger partial charge is 0.169 e. The van der Waals surface area contributed by atoms with E-state index < -0.39 is 57.8 Å². The first-order valence-electron chi connectivity index (χ1n) is 17.2. The van der Waals surface area contributed by atoms with Gasteiger partial charge < -0.3 is 34.5 Å². The highest BCUT2D eigenvalue weighted by Crippen LogP contribution is 2.75. The molecule has 7 aliphatic rings. The highest BCUT2D eigenvalue weighted by atomic mass is 16.7. The number of H-pyrrole nitrogens is 1. The fourth-order valence-corrected chi connectivity index (χ4v) is 12.6. The molecule has 45 heavy (non-hydrogen) atoms. The topological polar surface area (TPSA) is 125 Å². The number of ether oxygens (including phenoxy) is 3. The Morgan fingerprint density at radius 1 is 0.978 bits per heavy atom. The predicted octanol–water partition coefficient (Wildman–Crippen LogP) is 4.52. The highest BCUT2D eigenvalue weighted by molar-refractivity contribution is 6.06. The standard InChI is InChI=1S/C37H49NO7/c1-31(2,41)29-27(40)30-37(44-30)23(43-29)12-13-34(7)35(8)17(11-14-36(34,37)42)15-20-24-19-16-21-25(33(5,6)45-32(21,3)4)26(39)18(19)9-10-22(24)38-28(20)35/h9-10,17,21,23,25,27,29-30,38,40-42H,11-16H2,1-8H3/t17-,21-,23-,25+,27+,29-,30+,34+,35+,36-,37-/m0/s1. The van der Waals surface area contributed by atoms with Crippen molar-refractivity contribution in [2.45, 2.75) is 152 Å². The van der Waals surface area contributed by atoms with Crippen LogP contribution in [-0.2, 0) is 32.5 Å². The summed E-state index contributed by atoms with van der Waals surface area (Å²) in [6, 6.07) is 4.11. The number of ketones is 1. The van der Waals surface area contributed by atoms with Crippen molar-refractivity contribution in [3.05, 3.63) is 34.5 Å². The third kappa shape index (κ3) is 3.06. The first-order chi connectivity index (χ1) is 20.8. The second kappa shape index (κ2) is 8.07. The lowest BCUT2D eigenvalue weighted by Gasteiger charge is -2.66. The van der Waals surface area contributed by atoms with Gasteiger partial charge in [0.15, 0.2) is 11.4 Å². The Labute approximate surface area is 265 Å². The number of hydrogen-bond acceptors (Lipinski definition) is 7. The van der Waals surface area contributed by atoms with Gasteiger partial charge in [0.1, 0.15) is 23.9 Å². The molecule has 3 aliphatic heterocycles. The van der Waals surface area contributed by atoms with Crippen LogP contribution in [0.3, 0.4) is 0 Å². The van der Waals surface area contributed by atoms with Crippen molar-refractivity contribution in [2.24, 2.45) is 23.2 Å². The van der Waals surface area contributed by atoms with Crippen LogP contribution in [0, 0.1) is 23.2 Å². The normalized spacial score (nSPS) is 48.5. The number of epoxide rings is 1. The van der Waals surface area contributed by atoms with E-state index in [4.69, 9.17) is 14.2 Å². The van der Waals surface area contributed by atoms with E-state index in [0.29, 0.717) is 18.8 Å². The van der Waals surface area contributed by atoms with Gasteiger partial charge >= 0.3 is 0 Å². The number of nitrogens with one attached hydrogen (secondary N) is 1. The molecule has 8 nitrogen and oxygen atoms in total. The van der Waals surface area contributed by atoms with Gasteiger partial charge in [-0.25, -0.2) is 0 Å². The summed E-state index contributed by atoms with van der Waals surface area (Å²) in [5.74, 6) is 0.467. The third-order valence-corrected chi connectivity index (χ3v) is 14.8. The van der Waals surface area contributed by atoms with E-state index >= 15 is 0 Å². The summed E-state index contributed by atoms with van der Waals surface area (Å²) >= 11 is 0. The van der Waals surface area contributed by atoms with Crippen LogP contribution in [0.5, 0.6) is 0 Å². The molecule has 2 aromatic rings. The van der Waals surface area contributed by atoms with E-state index in [1.807, 2.05) is 6.07 Å². The van der Waals surface area contributed by atoms with Crippen molar-refractivity contribution in [3.8, 4) is 0 Å². The van der Waals surface area contributed by atoms with Gasteiger partial charge in [0.25, 0.3) is 0 Å². The molecule has 4 heterocycles. The molecule has 4 N–H and O–H groups in total. The van der Waals surface area contributed by atoms with Crippen LogP contribution in [-0.4, -0.2) is 78.5 Å². The lowest BCUT2D eigenvalue weighted by atomic mass is 9.40. The fourth-order valence-electron chi connectivity index (χ4n) is 12.6. The first kappa shape index (κ1) is 29.3. The molecule has 0 radical (unpaired) electrons. The van der Waals surface area contributed by atoms with E-state index in [1.54, 1.807) is 13.8 Å². The van der Waals surface area contributed by atoms with Gasteiger partial charge in [-0.15, -0.1) is 0 Å². The maximum Gasteiger partial charge on any atom is 0.169 e. The molecule has 0 bridgehead atoms. The van der Waals surface area contributed by atoms with Gasteiger partial charge in [-0.2, -0.15) is 0 Å². The number of rotatable bonds is 1. The van der Waals surface area contributed by atoms with E-state index in [2.05, 4.69) is 52.6 Å². The van der Waals surface area contributed by atoms with Crippen molar-refractivity contribution in [1.82, 2.24) is 4.98 Å². The number of hydrogen-bond donors (Lipinski definition) is 4. The van der Waals surface area contributed by atoms with Gasteiger partial charge in [0, 0.05) is 38.9 Å². The number of aromatic amines is 1. The Morgan fingerprint density at radius 3 is 2.42 bits per heavy atom. The molecule has 244 valence electrons. The lowest BCUT2D eigenvalue weighted by molar-refractivity contribution is -0.280. The van der Waals surface area contributed by atoms with Gasteiger partial charge in [-0.05, 0) is 109 Å². The summed E-state index contributed by atoms with van der Waals surface area (Å²) in [5, 5.41) is 36.4. The summed E-state index contributed by atoms with van der Waals surface area (Å²) in [6.45, 7) is 16.3. The zero-order valence-corrected chi connectivity index (χ0v) is 27.9. The second-order valence-corrected chi connectivity index (χ2v) is 17.8. The lowest BCUT2D eigenvalue weighted by Crippen LogP contribution is -2.76. The Kier molecular flexibility index (Phi) is 5.26. The number of carbonyl (C=O) groups is 1. The molecule has 1 aromatic carbocycles. The Hall–Kier alpha value is -1.81. The molecule has 2 saturated carbocycles. The van der Waals surface area contributed by atoms with Gasteiger partial charge in [-0.1, -0.05) is 13.8 Å². The molecule has 11 atom stereocenters. The Balaban J connectivity index is 1.17. The number of aromatic nitrogens is 1. The maximum absolute atomic E-state index is 14.2. The van der Waals surface area contributed by atoms with E-state index in [1.165, 1.54) is 16.6 Å². The molecule has 5 fully saturated rings. The molecule has 0 amide bonds. The summed E-state index contributed by atoms with van der Waals surface area (Å²) in [6.07, 6.45) is 1.78. The number of aliphatic hydroxyl groups is 3. The van der Waals surface area contributed by atoms with Crippen LogP contribution in [0.15, 0.2) is 12.1 Å². The van der Waals surface area contributed by atoms with Crippen LogP contribution in [0.1, 0.15) is 108 Å². The summed E-state index contributed by atoms with van der Waals surface area (Å²) in [4.78, 5) is 18.0. The van der Waals surface area contributed by atoms with Crippen molar-refractivity contribution >= 4 is 16.7 Å². The molecule has 0 unspecified atom stereocenters. The minimum Gasteiger partial charge on any atom is -0.388 e. The number of benzene rings is 1. The average Bonchev–Trinajstić information content (AvgIpc) is 3.44. The number of fused-ring (bicyclic) bond motifs is 10. The average molecular weight is 620 g/mol. The van der Waals surface area contributed by atoms with Crippen molar-refractivity contribution in [2.75, 3.05) is 0 Å². The first-order valence-corrected chi connectivity index (χ1v) is 17.2. The zero-order valence-electron chi connectivity index (χ0n) is 27.9. The minimum absolute atomic E-state index is 0.106. The Bertz CT molecular complexity index is 1690. The van der Waals surface area contributed by atoms with Crippen LogP contribution in [0.25, 0.3) is 10.9 Å². The predicted molar refractivity (Wildman–Crippen MR) is 167 cm³/mol. The van der Waals surface area contributed by atoms with Crippen LogP contribution >= 0.6 is 0 Å². The van der Waals surface area contributed by atoms with E-state index in [9.17, 15) is 20.1 Å². The van der Waals surface area contributed by atoms with Crippen LogP contribution in [0.4, 0.5) is 0 Å². The van der Waals surface area contributed by atoms with Crippen molar-refractivity contribution in [3.63, 3.8) is 0 Å². The Morgan fingerprint density at radius 2 is 1.71 bits per heavy atom. The number of aliphatic hydroxyl groups excluding tert-OH is 1. The molecular formula is C37H49NO7. The third-order valence-electron chi connectivity index (χ3n) is 14.8. The van der Waals surface area contributed by atoms with Crippen molar-refractivity contribution < 1.29 is 34.3 Å². The maximum atomic E-state index is 14.2. The summed E-state index contributed by atoms with van der Waals surface area (Å²) < 4.78 is 19.4. The monoisotopic (exact) mass is 619 g/mol. The molecule has 9 rings (SSSR count). The minimum atomic E-state index is -1.23. The molecule has 8 heteroatoms. The second-order valence-electron chi connectivity index (χ2n) is 17.8. The molecule has 4 aliphatic carbocycles. The van der Waals surface area contributed by atoms with E-state index in [-0.39, 0.29) is 23.0 Å². The zero-order chi connectivity index (χ0) is 32.1. The molecular weight excluding hydrogens is 570 g/mol. The molecule has 1 spiro atoms. The molecule has 3 saturated heterocycles. The van der Waals surface area contributed by atoms with Gasteiger partial charge in [0.05, 0.1) is 28.8 Å². The largest absolute Gasteiger partial charge is 0.388 e. The quantitative estimate of drug-likeness (QED) is 0.346. The summed E-state index contributed by atoms with van der Waals surface area (Å²) in [7, 11) is 0.